The Morgan fingerprint density at radius 2 is 2.12 bits per heavy atom. The van der Waals surface area contributed by atoms with E-state index in [0.717, 1.165) is 49.0 Å². The highest BCUT2D eigenvalue weighted by Gasteiger charge is 2.16. The van der Waals surface area contributed by atoms with Crippen molar-refractivity contribution in [2.24, 2.45) is 0 Å². The van der Waals surface area contributed by atoms with Gasteiger partial charge in [0.2, 0.25) is 0 Å². The highest BCUT2D eigenvalue weighted by atomic mass is 32.1. The van der Waals surface area contributed by atoms with Crippen LogP contribution in [0.15, 0.2) is 23.1 Å². The van der Waals surface area contributed by atoms with Crippen LogP contribution >= 0.6 is 11.3 Å². The Labute approximate surface area is 190 Å². The molecule has 0 radical (unpaired) electrons. The summed E-state index contributed by atoms with van der Waals surface area (Å²) in [5, 5.41) is 15.1. The second-order valence-electron chi connectivity index (χ2n) is 7.18. The van der Waals surface area contributed by atoms with Crippen molar-refractivity contribution in [2.45, 2.75) is 13.5 Å². The molecule has 0 saturated carbocycles. The monoisotopic (exact) mass is 451 g/mol. The normalized spacial score (nSPS) is 15.6. The number of piperazine rings is 1. The van der Waals surface area contributed by atoms with Crippen LogP contribution in [0.4, 0.5) is 11.5 Å². The summed E-state index contributed by atoms with van der Waals surface area (Å²) >= 11 is 1.09. The van der Waals surface area contributed by atoms with Crippen LogP contribution in [0.3, 0.4) is 0 Å². The number of carbonyl (C=O) groups is 1. The number of nitrogens with one attached hydrogen (secondary N) is 2. The topological polar surface area (TPSA) is 106 Å². The number of anilines is 2. The van der Waals surface area contributed by atoms with Crippen LogP contribution in [0.5, 0.6) is 0 Å². The van der Waals surface area contributed by atoms with Crippen molar-refractivity contribution in [1.29, 1.82) is 5.26 Å². The van der Waals surface area contributed by atoms with Crippen molar-refractivity contribution in [3.8, 4) is 18.4 Å². The molecule has 1 amide bonds. The van der Waals surface area contributed by atoms with Crippen molar-refractivity contribution in [2.75, 3.05) is 50.0 Å². The van der Waals surface area contributed by atoms with E-state index in [1.807, 2.05) is 18.2 Å². The van der Waals surface area contributed by atoms with E-state index in [2.05, 4.69) is 38.4 Å². The van der Waals surface area contributed by atoms with Crippen molar-refractivity contribution >= 4 is 40.5 Å². The molecule has 1 aliphatic heterocycles. The fourth-order valence-corrected chi connectivity index (χ4v) is 4.36. The summed E-state index contributed by atoms with van der Waals surface area (Å²) in [6.07, 6.45) is 8.49. The summed E-state index contributed by atoms with van der Waals surface area (Å²) in [6, 6.07) is 5.66. The van der Waals surface area contributed by atoms with Crippen LogP contribution in [0, 0.1) is 23.7 Å². The lowest BCUT2D eigenvalue weighted by Crippen LogP contribution is -2.44. The number of nitrogens with zero attached hydrogens (tertiary/aromatic N) is 5. The Hall–Kier alpha value is -3.60. The largest absolute Gasteiger partial charge is 0.360 e. The molecule has 2 N–H and O–H groups in total. The molecule has 2 aromatic rings. The van der Waals surface area contributed by atoms with E-state index < -0.39 is 5.91 Å². The molecule has 0 spiro atoms. The predicted molar refractivity (Wildman–Crippen MR) is 126 cm³/mol. The van der Waals surface area contributed by atoms with Gasteiger partial charge < -0.3 is 20.4 Å². The van der Waals surface area contributed by atoms with Gasteiger partial charge in [0.25, 0.3) is 11.5 Å². The third kappa shape index (κ3) is 5.17. The molecule has 1 saturated heterocycles. The van der Waals surface area contributed by atoms with E-state index in [0.29, 0.717) is 15.7 Å². The minimum Gasteiger partial charge on any atom is -0.360 e. The highest BCUT2D eigenvalue weighted by Crippen LogP contribution is 2.17. The van der Waals surface area contributed by atoms with Crippen molar-refractivity contribution in [1.82, 2.24) is 19.8 Å². The number of rotatable bonds is 6. The third-order valence-corrected chi connectivity index (χ3v) is 6.20. The van der Waals surface area contributed by atoms with Crippen molar-refractivity contribution in [3.63, 3.8) is 0 Å². The summed E-state index contributed by atoms with van der Waals surface area (Å²) < 4.78 is 2.10. The second kappa shape index (κ2) is 10.6. The summed E-state index contributed by atoms with van der Waals surface area (Å²) in [4.78, 5) is 34.1. The van der Waals surface area contributed by atoms with E-state index in [4.69, 9.17) is 6.42 Å². The van der Waals surface area contributed by atoms with E-state index in [1.165, 1.54) is 4.57 Å². The van der Waals surface area contributed by atoms with Gasteiger partial charge in [-0.3, -0.25) is 14.2 Å². The first kappa shape index (κ1) is 23.1. The van der Waals surface area contributed by atoms with Crippen LogP contribution < -0.4 is 30.3 Å². The second-order valence-corrected chi connectivity index (χ2v) is 8.21. The maximum Gasteiger partial charge on any atom is 0.270 e. The van der Waals surface area contributed by atoms with Gasteiger partial charge in [-0.05, 0) is 20.0 Å². The molecule has 0 aromatic carbocycles. The van der Waals surface area contributed by atoms with Gasteiger partial charge in [-0.25, -0.2) is 4.98 Å². The molecule has 3 heterocycles. The smallest absolute Gasteiger partial charge is 0.270 e. The molecule has 1 aliphatic rings. The number of hydrogen-bond acceptors (Lipinski definition) is 8. The van der Waals surface area contributed by atoms with Crippen molar-refractivity contribution in [3.05, 3.63) is 37.9 Å². The van der Waals surface area contributed by atoms with Crippen LogP contribution in [-0.4, -0.2) is 60.1 Å². The minimum atomic E-state index is -0.598. The molecule has 3 rings (SSSR count). The fourth-order valence-electron chi connectivity index (χ4n) is 3.27. The zero-order valence-electron chi connectivity index (χ0n) is 18.1. The first-order valence-corrected chi connectivity index (χ1v) is 11.0. The number of thiazole rings is 1. The molecule has 0 atom stereocenters. The summed E-state index contributed by atoms with van der Waals surface area (Å²) in [6.45, 7) is 5.88. The van der Waals surface area contributed by atoms with Crippen LogP contribution in [-0.2, 0) is 11.3 Å². The quantitative estimate of drug-likeness (QED) is 0.562. The minimum absolute atomic E-state index is 0.00393. The van der Waals surface area contributed by atoms with Gasteiger partial charge in [-0.1, -0.05) is 5.92 Å². The first-order chi connectivity index (χ1) is 15.5. The maximum atomic E-state index is 12.8. The fraction of sp³-hybridized carbons (Fsp3) is 0.364. The Morgan fingerprint density at radius 3 is 2.78 bits per heavy atom. The van der Waals surface area contributed by atoms with Gasteiger partial charge in [0, 0.05) is 56.9 Å². The molecule has 1 fully saturated rings. The maximum absolute atomic E-state index is 12.8. The molecule has 10 heteroatoms. The molecular formula is C22H25N7O2S. The van der Waals surface area contributed by atoms with E-state index in [-0.39, 0.29) is 17.7 Å². The SMILES string of the molecule is C#CCNC(=O)/C(C#N)=c1\s/c(=C/Nc2ccnc(N3CCN(C)CC3)c2)c(=O)n1CC. The Morgan fingerprint density at radius 1 is 1.38 bits per heavy atom. The van der Waals surface area contributed by atoms with Gasteiger partial charge in [0.15, 0.2) is 5.57 Å². The zero-order chi connectivity index (χ0) is 23.1. The molecule has 32 heavy (non-hydrogen) atoms. The molecule has 2 aromatic heterocycles. The Bertz CT molecular complexity index is 1240. The molecule has 166 valence electrons. The van der Waals surface area contributed by atoms with Crippen LogP contribution in [0.25, 0.3) is 11.8 Å². The van der Waals surface area contributed by atoms with Crippen LogP contribution in [0.1, 0.15) is 6.92 Å². The Kier molecular flexibility index (Phi) is 7.66. The number of nitriles is 1. The standard InChI is InChI=1S/C22H25N7O2S/c1-4-7-25-20(30)17(14-23)22-29(5-2)21(31)18(32-22)15-26-16-6-8-24-19(13-16)28-11-9-27(3)10-12-28/h1,6,8,13,15H,5,7,9-12H2,2-3H3,(H,24,26)(H,25,30)/b18-15+,22-17-. The molecule has 9 nitrogen and oxygen atoms in total. The molecule has 0 unspecified atom stereocenters. The number of terminal acetylenes is 1. The van der Waals surface area contributed by atoms with E-state index >= 15 is 0 Å². The van der Waals surface area contributed by atoms with Crippen LogP contribution in [0.2, 0.25) is 0 Å². The highest BCUT2D eigenvalue weighted by molar-refractivity contribution is 7.07. The lowest BCUT2D eigenvalue weighted by Gasteiger charge is -2.33. The van der Waals surface area contributed by atoms with E-state index in [9.17, 15) is 14.9 Å². The average Bonchev–Trinajstić information content (AvgIpc) is 3.12. The third-order valence-electron chi connectivity index (χ3n) is 5.07. The first-order valence-electron chi connectivity index (χ1n) is 10.2. The lowest BCUT2D eigenvalue weighted by molar-refractivity contribution is -0.115. The number of pyridine rings is 1. The molecular weight excluding hydrogens is 426 g/mol. The number of hydrogen-bond donors (Lipinski definition) is 2. The van der Waals surface area contributed by atoms with Gasteiger partial charge in [0.05, 0.1) is 6.54 Å². The predicted octanol–water partition coefficient (Wildman–Crippen LogP) is -0.650. The number of aromatic nitrogens is 2. The molecule has 0 aliphatic carbocycles. The Balaban J connectivity index is 1.92. The zero-order valence-corrected chi connectivity index (χ0v) is 18.9. The average molecular weight is 452 g/mol. The van der Waals surface area contributed by atoms with Gasteiger partial charge >= 0.3 is 0 Å². The number of likely N-dealkylation sites (N-methyl/N-ethyl adjacent to an activating group) is 1. The van der Waals surface area contributed by atoms with Gasteiger partial charge in [-0.2, -0.15) is 5.26 Å². The summed E-state index contributed by atoms with van der Waals surface area (Å²) in [5.74, 6) is 2.57. The van der Waals surface area contributed by atoms with E-state index in [1.54, 1.807) is 19.3 Å². The van der Waals surface area contributed by atoms with Gasteiger partial charge in [0.1, 0.15) is 21.1 Å². The summed E-state index contributed by atoms with van der Waals surface area (Å²) in [5.41, 5.74) is 0.388. The van der Waals surface area contributed by atoms with Crippen molar-refractivity contribution < 1.29 is 4.79 Å². The number of carbonyl (C=O) groups excluding carboxylic acids is 1. The summed E-state index contributed by atoms with van der Waals surface area (Å²) in [7, 11) is 2.10. The molecule has 0 bridgehead atoms. The number of amides is 1. The van der Waals surface area contributed by atoms with Gasteiger partial charge in [-0.15, -0.1) is 17.8 Å². The lowest BCUT2D eigenvalue weighted by atomic mass is 10.3.